The third-order valence-corrected chi connectivity index (χ3v) is 4.96. The normalized spacial score (nSPS) is 10.6. The molecule has 1 amide bonds. The lowest BCUT2D eigenvalue weighted by Crippen LogP contribution is -2.12. The third kappa shape index (κ3) is 3.61. The number of nitrogens with one attached hydrogen (secondary N) is 1. The molecule has 3 nitrogen and oxygen atoms in total. The summed E-state index contributed by atoms with van der Waals surface area (Å²) in [5.74, 6) is -0.368. The Morgan fingerprint density at radius 3 is 2.42 bits per heavy atom. The van der Waals surface area contributed by atoms with Gasteiger partial charge in [0.25, 0.3) is 5.91 Å². The summed E-state index contributed by atoms with van der Waals surface area (Å²) in [6, 6.07) is 13.2. The highest BCUT2D eigenvalue weighted by Crippen LogP contribution is 2.28. The summed E-state index contributed by atoms with van der Waals surface area (Å²) in [6.07, 6.45) is 0.997. The number of carbonyl (C=O) groups is 1. The summed E-state index contributed by atoms with van der Waals surface area (Å²) in [5.41, 5.74) is 3.36. The summed E-state index contributed by atoms with van der Waals surface area (Å²) in [6.45, 7) is 2.12. The number of rotatable bonds is 4. The Labute approximate surface area is 154 Å². The summed E-state index contributed by atoms with van der Waals surface area (Å²) in [4.78, 5) is 16.8. The van der Waals surface area contributed by atoms with Gasteiger partial charge in [-0.15, -0.1) is 11.3 Å². The number of nitrogens with zero attached hydrogens (tertiary/aromatic N) is 1. The van der Waals surface area contributed by atoms with Crippen LogP contribution in [0.1, 0.15) is 22.8 Å². The predicted octanol–water partition coefficient (Wildman–Crippen LogP) is 5.93. The lowest BCUT2D eigenvalue weighted by Gasteiger charge is -2.06. The second kappa shape index (κ2) is 7.34. The Bertz CT molecular complexity index is 855. The van der Waals surface area contributed by atoms with Crippen LogP contribution in [0.3, 0.4) is 0 Å². The van der Waals surface area contributed by atoms with Crippen LogP contribution in [0.15, 0.2) is 47.8 Å². The van der Waals surface area contributed by atoms with E-state index in [0.717, 1.165) is 17.7 Å². The first-order valence-electron chi connectivity index (χ1n) is 7.38. The van der Waals surface area contributed by atoms with E-state index in [1.54, 1.807) is 18.2 Å². The highest BCUT2D eigenvalue weighted by molar-refractivity contribution is 7.14. The van der Waals surface area contributed by atoms with Crippen LogP contribution in [0.25, 0.3) is 11.3 Å². The van der Waals surface area contributed by atoms with Crippen molar-refractivity contribution in [1.82, 2.24) is 4.98 Å². The first-order chi connectivity index (χ1) is 11.6. The summed E-state index contributed by atoms with van der Waals surface area (Å²) >= 11 is 13.5. The molecule has 0 fully saturated rings. The Morgan fingerprint density at radius 1 is 1.12 bits per heavy atom. The fraction of sp³-hybridized carbons (Fsp3) is 0.111. The Hall–Kier alpha value is -1.88. The van der Waals surface area contributed by atoms with Crippen LogP contribution in [0.5, 0.6) is 0 Å². The average molecular weight is 377 g/mol. The minimum atomic E-state index is -0.368. The lowest BCUT2D eigenvalue weighted by molar-refractivity contribution is 0.102. The number of benzene rings is 2. The van der Waals surface area contributed by atoms with Gasteiger partial charge in [-0.1, -0.05) is 60.5 Å². The molecule has 1 heterocycles. The van der Waals surface area contributed by atoms with Gasteiger partial charge in [0.15, 0.2) is 5.13 Å². The van der Waals surface area contributed by atoms with Crippen molar-refractivity contribution in [3.63, 3.8) is 0 Å². The molecule has 3 aromatic rings. The molecule has 0 spiro atoms. The molecule has 6 heteroatoms. The molecule has 0 atom stereocenters. The van der Waals surface area contributed by atoms with Crippen LogP contribution in [0.4, 0.5) is 5.13 Å². The standard InChI is InChI=1S/C18H14Cl2N2OS/c1-2-11-6-8-12(9-7-11)15-10-24-18(21-15)22-17(23)16-13(19)4-3-5-14(16)20/h3-10H,2H2,1H3,(H,21,22,23). The summed E-state index contributed by atoms with van der Waals surface area (Å²) in [5, 5.41) is 5.79. The number of halogens is 2. The fourth-order valence-electron chi connectivity index (χ4n) is 2.25. The molecule has 1 aromatic heterocycles. The molecule has 24 heavy (non-hydrogen) atoms. The van der Waals surface area contributed by atoms with Crippen molar-refractivity contribution in [2.45, 2.75) is 13.3 Å². The molecule has 0 unspecified atom stereocenters. The van der Waals surface area contributed by atoms with Gasteiger partial charge in [-0.3, -0.25) is 10.1 Å². The second-order valence-corrected chi connectivity index (χ2v) is 6.81. The number of amides is 1. The van der Waals surface area contributed by atoms with E-state index in [4.69, 9.17) is 23.2 Å². The second-order valence-electron chi connectivity index (χ2n) is 5.14. The summed E-state index contributed by atoms with van der Waals surface area (Å²) < 4.78 is 0. The van der Waals surface area contributed by atoms with Crippen LogP contribution in [-0.2, 0) is 6.42 Å². The minimum absolute atomic E-state index is 0.255. The summed E-state index contributed by atoms with van der Waals surface area (Å²) in [7, 11) is 0. The molecule has 0 saturated heterocycles. The molecule has 0 saturated carbocycles. The van der Waals surface area contributed by atoms with Gasteiger partial charge in [0.1, 0.15) is 0 Å². The van der Waals surface area contributed by atoms with Gasteiger partial charge in [0, 0.05) is 10.9 Å². The highest BCUT2D eigenvalue weighted by Gasteiger charge is 2.16. The van der Waals surface area contributed by atoms with Crippen LogP contribution in [0, 0.1) is 0 Å². The van der Waals surface area contributed by atoms with Crippen molar-refractivity contribution in [3.05, 3.63) is 69.0 Å². The van der Waals surface area contributed by atoms with E-state index in [-0.39, 0.29) is 11.5 Å². The highest BCUT2D eigenvalue weighted by atomic mass is 35.5. The maximum Gasteiger partial charge on any atom is 0.260 e. The first-order valence-corrected chi connectivity index (χ1v) is 9.02. The molecular weight excluding hydrogens is 363 g/mol. The SMILES string of the molecule is CCc1ccc(-c2csc(NC(=O)c3c(Cl)cccc3Cl)n2)cc1. The van der Waals surface area contributed by atoms with E-state index in [0.29, 0.717) is 15.2 Å². The minimum Gasteiger partial charge on any atom is -0.298 e. The largest absolute Gasteiger partial charge is 0.298 e. The molecule has 0 bridgehead atoms. The van der Waals surface area contributed by atoms with E-state index in [1.807, 2.05) is 17.5 Å². The topological polar surface area (TPSA) is 42.0 Å². The van der Waals surface area contributed by atoms with Crippen LogP contribution in [-0.4, -0.2) is 10.9 Å². The van der Waals surface area contributed by atoms with Gasteiger partial charge in [-0.2, -0.15) is 0 Å². The van der Waals surface area contributed by atoms with Gasteiger partial charge in [0.05, 0.1) is 21.3 Å². The number of carbonyl (C=O) groups excluding carboxylic acids is 1. The molecule has 0 aliphatic carbocycles. The molecule has 1 N–H and O–H groups in total. The van der Waals surface area contributed by atoms with Gasteiger partial charge in [-0.05, 0) is 24.1 Å². The lowest BCUT2D eigenvalue weighted by atomic mass is 10.1. The number of hydrogen-bond acceptors (Lipinski definition) is 3. The molecule has 0 aliphatic heterocycles. The Balaban J connectivity index is 1.79. The van der Waals surface area contributed by atoms with Gasteiger partial charge >= 0.3 is 0 Å². The molecule has 0 radical (unpaired) electrons. The Kier molecular flexibility index (Phi) is 5.19. The van der Waals surface area contributed by atoms with Gasteiger partial charge in [0.2, 0.25) is 0 Å². The molecule has 2 aromatic carbocycles. The zero-order valence-electron chi connectivity index (χ0n) is 12.8. The average Bonchev–Trinajstić information content (AvgIpc) is 3.03. The fourth-order valence-corrected chi connectivity index (χ4v) is 3.53. The maximum atomic E-state index is 12.4. The van der Waals surface area contributed by atoms with Gasteiger partial charge < -0.3 is 0 Å². The smallest absolute Gasteiger partial charge is 0.260 e. The van der Waals surface area contributed by atoms with Crippen LogP contribution >= 0.6 is 34.5 Å². The van der Waals surface area contributed by atoms with E-state index in [2.05, 4.69) is 29.4 Å². The van der Waals surface area contributed by atoms with Crippen molar-refractivity contribution < 1.29 is 4.79 Å². The molecule has 3 rings (SSSR count). The molecule has 122 valence electrons. The monoisotopic (exact) mass is 376 g/mol. The molecular formula is C18H14Cl2N2OS. The van der Waals surface area contributed by atoms with Crippen LogP contribution in [0.2, 0.25) is 10.0 Å². The zero-order chi connectivity index (χ0) is 17.1. The maximum absolute atomic E-state index is 12.4. The number of hydrogen-bond donors (Lipinski definition) is 1. The number of aromatic nitrogens is 1. The van der Waals surface area contributed by atoms with E-state index in [9.17, 15) is 4.79 Å². The molecule has 0 aliphatic rings. The predicted molar refractivity (Wildman–Crippen MR) is 101 cm³/mol. The quantitative estimate of drug-likeness (QED) is 0.612. The van der Waals surface area contributed by atoms with Crippen molar-refractivity contribution in [2.75, 3.05) is 5.32 Å². The third-order valence-electron chi connectivity index (χ3n) is 3.57. The van der Waals surface area contributed by atoms with Crippen molar-refractivity contribution in [3.8, 4) is 11.3 Å². The van der Waals surface area contributed by atoms with Crippen LogP contribution < -0.4 is 5.32 Å². The number of aryl methyl sites for hydroxylation is 1. The van der Waals surface area contributed by atoms with Crippen molar-refractivity contribution >= 4 is 45.6 Å². The Morgan fingerprint density at radius 2 is 1.79 bits per heavy atom. The number of anilines is 1. The first kappa shape index (κ1) is 17.0. The van der Waals surface area contributed by atoms with Crippen molar-refractivity contribution in [1.29, 1.82) is 0 Å². The van der Waals surface area contributed by atoms with Crippen molar-refractivity contribution in [2.24, 2.45) is 0 Å². The van der Waals surface area contributed by atoms with E-state index in [1.165, 1.54) is 16.9 Å². The zero-order valence-corrected chi connectivity index (χ0v) is 15.2. The van der Waals surface area contributed by atoms with Gasteiger partial charge in [-0.25, -0.2) is 4.98 Å². The number of thiazole rings is 1. The van der Waals surface area contributed by atoms with E-state index >= 15 is 0 Å². The van der Waals surface area contributed by atoms with E-state index < -0.39 is 0 Å².